The van der Waals surface area contributed by atoms with Gasteiger partial charge in [-0.3, -0.25) is 0 Å². The maximum absolute atomic E-state index is 5.61. The highest BCUT2D eigenvalue weighted by molar-refractivity contribution is 9.10. The summed E-state index contributed by atoms with van der Waals surface area (Å²) in [4.78, 5) is 4.84. The van der Waals surface area contributed by atoms with Gasteiger partial charge in [0, 0.05) is 17.1 Å². The number of furan rings is 1. The molecule has 4 rings (SSSR count). The van der Waals surface area contributed by atoms with Crippen LogP contribution in [0.5, 0.6) is 0 Å². The summed E-state index contributed by atoms with van der Waals surface area (Å²) in [5.74, 6) is 0.801. The highest BCUT2D eigenvalue weighted by Crippen LogP contribution is 2.29. The summed E-state index contributed by atoms with van der Waals surface area (Å²) in [6, 6.07) is 16.4. The van der Waals surface area contributed by atoms with Crippen molar-refractivity contribution in [2.75, 3.05) is 0 Å². The zero-order valence-electron chi connectivity index (χ0n) is 12.7. The van der Waals surface area contributed by atoms with E-state index in [-0.39, 0.29) is 0 Å². The molecule has 0 fully saturated rings. The molecule has 0 unspecified atom stereocenters. The first-order chi connectivity index (χ1) is 11.2. The van der Waals surface area contributed by atoms with Gasteiger partial charge in [0.2, 0.25) is 0 Å². The summed E-state index contributed by atoms with van der Waals surface area (Å²) >= 11 is 3.59. The van der Waals surface area contributed by atoms with Gasteiger partial charge in [0.1, 0.15) is 11.3 Å². The number of fused-ring (bicyclic) bond motifs is 1. The van der Waals surface area contributed by atoms with Crippen LogP contribution in [-0.2, 0) is 6.42 Å². The first kappa shape index (κ1) is 14.3. The molecule has 4 heteroatoms. The minimum absolute atomic E-state index is 0.800. The van der Waals surface area contributed by atoms with Crippen molar-refractivity contribution in [3.8, 4) is 11.5 Å². The monoisotopic (exact) mass is 366 g/mol. The molecule has 0 spiro atoms. The van der Waals surface area contributed by atoms with Crippen LogP contribution in [0.4, 0.5) is 0 Å². The number of hydrogen-bond acceptors (Lipinski definition) is 2. The number of benzene rings is 1. The summed E-state index contributed by atoms with van der Waals surface area (Å²) in [7, 11) is 0. The molecular weight excluding hydrogens is 352 g/mol. The molecule has 3 aromatic heterocycles. The molecule has 114 valence electrons. The van der Waals surface area contributed by atoms with Gasteiger partial charge >= 0.3 is 0 Å². The van der Waals surface area contributed by atoms with E-state index >= 15 is 0 Å². The Morgan fingerprint density at radius 3 is 2.70 bits per heavy atom. The van der Waals surface area contributed by atoms with Crippen molar-refractivity contribution in [2.45, 2.75) is 13.3 Å². The van der Waals surface area contributed by atoms with E-state index < -0.39 is 0 Å². The van der Waals surface area contributed by atoms with E-state index in [9.17, 15) is 0 Å². The summed E-state index contributed by atoms with van der Waals surface area (Å²) in [6.07, 6.45) is 4.56. The third-order valence-corrected chi connectivity index (χ3v) is 4.37. The molecule has 0 aliphatic heterocycles. The summed E-state index contributed by atoms with van der Waals surface area (Å²) < 4.78 is 8.81. The molecule has 0 aliphatic rings. The van der Waals surface area contributed by atoms with E-state index in [1.807, 2.05) is 18.2 Å². The van der Waals surface area contributed by atoms with Gasteiger partial charge in [-0.15, -0.1) is 0 Å². The highest BCUT2D eigenvalue weighted by Gasteiger charge is 2.18. The van der Waals surface area contributed by atoms with E-state index in [4.69, 9.17) is 9.40 Å². The fraction of sp³-hybridized carbons (Fsp3) is 0.105. The second-order valence-corrected chi connectivity index (χ2v) is 6.50. The first-order valence-corrected chi connectivity index (χ1v) is 8.26. The van der Waals surface area contributed by atoms with Crippen LogP contribution in [0.1, 0.15) is 16.8 Å². The predicted octanol–water partition coefficient (Wildman–Crippen LogP) is 5.26. The molecule has 23 heavy (non-hydrogen) atoms. The molecule has 0 amide bonds. The number of imidazole rings is 1. The summed E-state index contributed by atoms with van der Waals surface area (Å²) in [5.41, 5.74) is 5.38. The highest BCUT2D eigenvalue weighted by atomic mass is 79.9. The number of aromatic nitrogens is 2. The average molecular weight is 367 g/mol. The molecule has 0 radical (unpaired) electrons. The summed E-state index contributed by atoms with van der Waals surface area (Å²) in [6.45, 7) is 2.07. The van der Waals surface area contributed by atoms with Crippen LogP contribution < -0.4 is 0 Å². The van der Waals surface area contributed by atoms with E-state index in [2.05, 4.69) is 63.8 Å². The lowest BCUT2D eigenvalue weighted by Gasteiger charge is -2.06. The van der Waals surface area contributed by atoms with Crippen LogP contribution in [0.25, 0.3) is 17.1 Å². The SMILES string of the molecule is Cc1cc(Br)cn2c(Cc3ccccc3)c(-c3ccco3)nc12. The Hall–Kier alpha value is -2.33. The Morgan fingerprint density at radius 1 is 1.13 bits per heavy atom. The predicted molar refractivity (Wildman–Crippen MR) is 94.6 cm³/mol. The normalized spacial score (nSPS) is 11.2. The largest absolute Gasteiger partial charge is 0.463 e. The topological polar surface area (TPSA) is 30.4 Å². The van der Waals surface area contributed by atoms with Gasteiger partial charge in [0.05, 0.1) is 12.0 Å². The van der Waals surface area contributed by atoms with Gasteiger partial charge in [-0.25, -0.2) is 4.98 Å². The molecule has 0 bridgehead atoms. The van der Waals surface area contributed by atoms with Crippen LogP contribution in [0.15, 0.2) is 69.9 Å². The molecule has 3 heterocycles. The Morgan fingerprint density at radius 2 is 1.96 bits per heavy atom. The third kappa shape index (κ3) is 2.59. The van der Waals surface area contributed by atoms with E-state index in [0.717, 1.165) is 39.3 Å². The Bertz CT molecular complexity index is 956. The van der Waals surface area contributed by atoms with Gasteiger partial charge in [0.15, 0.2) is 5.76 Å². The van der Waals surface area contributed by atoms with Gasteiger partial charge in [-0.2, -0.15) is 0 Å². The number of hydrogen-bond donors (Lipinski definition) is 0. The maximum Gasteiger partial charge on any atom is 0.154 e. The van der Waals surface area contributed by atoms with Crippen molar-refractivity contribution in [1.29, 1.82) is 0 Å². The Labute approximate surface area is 142 Å². The number of halogens is 1. The number of rotatable bonds is 3. The van der Waals surface area contributed by atoms with Gasteiger partial charge in [0.25, 0.3) is 0 Å². The molecule has 0 aliphatic carbocycles. The fourth-order valence-corrected chi connectivity index (χ4v) is 3.43. The lowest BCUT2D eigenvalue weighted by Crippen LogP contribution is -1.97. The fourth-order valence-electron chi connectivity index (χ4n) is 2.88. The molecule has 0 N–H and O–H groups in total. The molecule has 0 saturated heterocycles. The Kier molecular flexibility index (Phi) is 3.54. The average Bonchev–Trinajstić information content (AvgIpc) is 3.17. The van der Waals surface area contributed by atoms with Crippen molar-refractivity contribution in [2.24, 2.45) is 0 Å². The molecule has 3 nitrogen and oxygen atoms in total. The second-order valence-electron chi connectivity index (χ2n) is 5.58. The lowest BCUT2D eigenvalue weighted by atomic mass is 10.1. The number of pyridine rings is 1. The van der Waals surface area contributed by atoms with Crippen molar-refractivity contribution in [1.82, 2.24) is 9.38 Å². The van der Waals surface area contributed by atoms with Crippen LogP contribution in [0.2, 0.25) is 0 Å². The van der Waals surface area contributed by atoms with Crippen molar-refractivity contribution >= 4 is 21.6 Å². The molecule has 1 aromatic carbocycles. The smallest absolute Gasteiger partial charge is 0.154 e. The maximum atomic E-state index is 5.61. The Balaban J connectivity index is 1.97. The molecule has 0 atom stereocenters. The van der Waals surface area contributed by atoms with Crippen LogP contribution >= 0.6 is 15.9 Å². The minimum Gasteiger partial charge on any atom is -0.463 e. The first-order valence-electron chi connectivity index (χ1n) is 7.47. The van der Waals surface area contributed by atoms with Crippen LogP contribution in [0.3, 0.4) is 0 Å². The van der Waals surface area contributed by atoms with Gasteiger partial charge < -0.3 is 8.82 Å². The lowest BCUT2D eigenvalue weighted by molar-refractivity contribution is 0.579. The van der Waals surface area contributed by atoms with E-state index in [1.165, 1.54) is 5.56 Å². The van der Waals surface area contributed by atoms with E-state index in [1.54, 1.807) is 6.26 Å². The van der Waals surface area contributed by atoms with Gasteiger partial charge in [-0.1, -0.05) is 30.3 Å². The minimum atomic E-state index is 0.800. The zero-order valence-corrected chi connectivity index (χ0v) is 14.2. The standard InChI is InChI=1S/C19H15BrN2O/c1-13-10-15(20)12-22-16(11-14-6-3-2-4-7-14)18(21-19(13)22)17-8-5-9-23-17/h2-10,12H,11H2,1H3. The van der Waals surface area contributed by atoms with Crippen molar-refractivity contribution in [3.63, 3.8) is 0 Å². The van der Waals surface area contributed by atoms with Crippen LogP contribution in [-0.4, -0.2) is 9.38 Å². The van der Waals surface area contributed by atoms with Crippen LogP contribution in [0, 0.1) is 6.92 Å². The van der Waals surface area contributed by atoms with Gasteiger partial charge in [-0.05, 0) is 52.2 Å². The zero-order chi connectivity index (χ0) is 15.8. The second kappa shape index (κ2) is 5.70. The van der Waals surface area contributed by atoms with E-state index in [0.29, 0.717) is 0 Å². The summed E-state index contributed by atoms with van der Waals surface area (Å²) in [5, 5.41) is 0. The number of aryl methyl sites for hydroxylation is 1. The number of nitrogens with zero attached hydrogens (tertiary/aromatic N) is 2. The quantitative estimate of drug-likeness (QED) is 0.495. The third-order valence-electron chi connectivity index (χ3n) is 3.94. The molecule has 0 saturated carbocycles. The van der Waals surface area contributed by atoms with Crippen molar-refractivity contribution < 1.29 is 4.42 Å². The molecular formula is C19H15BrN2O. The molecule has 4 aromatic rings. The van der Waals surface area contributed by atoms with Crippen molar-refractivity contribution in [3.05, 3.63) is 82.3 Å².